The Morgan fingerprint density at radius 3 is 2.61 bits per heavy atom. The summed E-state index contributed by atoms with van der Waals surface area (Å²) in [5, 5.41) is 12.2. The predicted octanol–water partition coefficient (Wildman–Crippen LogP) is 3.72. The van der Waals surface area contributed by atoms with Crippen LogP contribution >= 0.6 is 0 Å². The van der Waals surface area contributed by atoms with E-state index in [0.29, 0.717) is 24.6 Å². The van der Waals surface area contributed by atoms with Crippen LogP contribution in [0.25, 0.3) is 0 Å². The average molecular weight is 419 g/mol. The number of nitrogens with two attached hydrogens (primary N) is 1. The van der Waals surface area contributed by atoms with Gasteiger partial charge >= 0.3 is 0 Å². The molecule has 162 valence electrons. The maximum absolute atomic E-state index is 6.58. The van der Waals surface area contributed by atoms with Crippen LogP contribution in [0.3, 0.4) is 0 Å². The molecule has 0 amide bonds. The van der Waals surface area contributed by atoms with E-state index in [1.165, 1.54) is 5.56 Å². The summed E-state index contributed by atoms with van der Waals surface area (Å²) in [5.41, 5.74) is 8.14. The number of benzene rings is 2. The summed E-state index contributed by atoms with van der Waals surface area (Å²) in [7, 11) is 0. The lowest BCUT2D eigenvalue weighted by Crippen LogP contribution is -2.49. The Kier molecular flexibility index (Phi) is 5.28. The smallest absolute Gasteiger partial charge is 0.236 e. The molecular formula is C25H30N4O2. The first kappa shape index (κ1) is 20.2. The third kappa shape index (κ3) is 4.23. The Bertz CT molecular complexity index is 1020. The van der Waals surface area contributed by atoms with Gasteiger partial charge in [0, 0.05) is 12.3 Å². The maximum Gasteiger partial charge on any atom is 0.236 e. The van der Waals surface area contributed by atoms with Gasteiger partial charge in [0.2, 0.25) is 11.8 Å². The second kappa shape index (κ2) is 8.09. The van der Waals surface area contributed by atoms with Crippen LogP contribution < -0.4 is 15.8 Å². The van der Waals surface area contributed by atoms with Crippen LogP contribution in [0.4, 0.5) is 0 Å². The van der Waals surface area contributed by atoms with E-state index in [-0.39, 0.29) is 11.5 Å². The number of rotatable bonds is 5. The summed E-state index contributed by atoms with van der Waals surface area (Å²) >= 11 is 0. The molecule has 2 aliphatic heterocycles. The van der Waals surface area contributed by atoms with Gasteiger partial charge in [-0.15, -0.1) is 10.2 Å². The van der Waals surface area contributed by atoms with Crippen molar-refractivity contribution in [2.75, 3.05) is 13.1 Å². The molecule has 0 radical (unpaired) electrons. The molecule has 2 unspecified atom stereocenters. The number of fused-ring (bicyclic) bond motifs is 1. The van der Waals surface area contributed by atoms with Gasteiger partial charge in [0.1, 0.15) is 11.4 Å². The molecule has 3 heterocycles. The summed E-state index contributed by atoms with van der Waals surface area (Å²) in [6.07, 6.45) is 4.35. The fraction of sp³-hybridized carbons (Fsp3) is 0.440. The minimum Gasteiger partial charge on any atom is -0.487 e. The average Bonchev–Trinajstić information content (AvgIpc) is 3.24. The van der Waals surface area contributed by atoms with E-state index >= 15 is 0 Å². The molecule has 3 N–H and O–H groups in total. The summed E-state index contributed by atoms with van der Waals surface area (Å²) < 4.78 is 12.6. The van der Waals surface area contributed by atoms with Crippen molar-refractivity contribution in [3.8, 4) is 5.75 Å². The highest BCUT2D eigenvalue weighted by atomic mass is 16.5. The summed E-state index contributed by atoms with van der Waals surface area (Å²) in [4.78, 5) is 0. The van der Waals surface area contributed by atoms with Gasteiger partial charge in [0.15, 0.2) is 0 Å². The molecule has 1 aromatic heterocycles. The first-order valence-electron chi connectivity index (χ1n) is 11.2. The molecule has 2 aromatic carbocycles. The molecule has 1 spiro atoms. The zero-order valence-electron chi connectivity index (χ0n) is 18.0. The van der Waals surface area contributed by atoms with Crippen LogP contribution in [0.2, 0.25) is 0 Å². The predicted molar refractivity (Wildman–Crippen MR) is 119 cm³/mol. The highest BCUT2D eigenvalue weighted by molar-refractivity contribution is 5.40. The monoisotopic (exact) mass is 418 g/mol. The lowest BCUT2D eigenvalue weighted by Gasteiger charge is -2.44. The van der Waals surface area contributed by atoms with E-state index in [2.05, 4.69) is 45.8 Å². The minimum atomic E-state index is -0.712. The maximum atomic E-state index is 6.58. The molecule has 0 bridgehead atoms. The van der Waals surface area contributed by atoms with Crippen molar-refractivity contribution in [3.63, 3.8) is 0 Å². The van der Waals surface area contributed by atoms with Crippen LogP contribution in [-0.4, -0.2) is 28.9 Å². The number of nitrogens with zero attached hydrogens (tertiary/aromatic N) is 2. The quantitative estimate of drug-likeness (QED) is 0.657. The Morgan fingerprint density at radius 2 is 1.81 bits per heavy atom. The highest BCUT2D eigenvalue weighted by Gasteiger charge is 2.42. The number of aromatic nitrogens is 2. The van der Waals surface area contributed by atoms with Crippen LogP contribution in [0.1, 0.15) is 55.0 Å². The molecule has 1 saturated heterocycles. The van der Waals surface area contributed by atoms with Gasteiger partial charge in [-0.3, -0.25) is 0 Å². The van der Waals surface area contributed by atoms with Crippen molar-refractivity contribution >= 4 is 0 Å². The van der Waals surface area contributed by atoms with Crippen molar-refractivity contribution in [3.05, 3.63) is 77.5 Å². The van der Waals surface area contributed by atoms with Gasteiger partial charge in [0.25, 0.3) is 0 Å². The fourth-order valence-electron chi connectivity index (χ4n) is 4.99. The molecule has 2 atom stereocenters. The van der Waals surface area contributed by atoms with E-state index in [9.17, 15) is 0 Å². The van der Waals surface area contributed by atoms with Crippen LogP contribution in [0.15, 0.2) is 59.0 Å². The lowest BCUT2D eigenvalue weighted by atomic mass is 9.76. The summed E-state index contributed by atoms with van der Waals surface area (Å²) in [5.74, 6) is 2.41. The Hall–Kier alpha value is -2.70. The van der Waals surface area contributed by atoms with E-state index in [4.69, 9.17) is 14.9 Å². The molecule has 0 saturated carbocycles. The molecule has 3 aromatic rings. The first-order chi connectivity index (χ1) is 15.0. The Labute approximate surface area is 183 Å². The Balaban J connectivity index is 1.37. The van der Waals surface area contributed by atoms with E-state index < -0.39 is 5.54 Å². The normalized spacial score (nSPS) is 21.8. The molecule has 6 nitrogen and oxygen atoms in total. The number of nitrogens with one attached hydrogen (secondary N) is 1. The molecule has 5 rings (SSSR count). The number of hydrogen-bond acceptors (Lipinski definition) is 6. The van der Waals surface area contributed by atoms with Crippen molar-refractivity contribution in [1.29, 1.82) is 0 Å². The summed E-state index contributed by atoms with van der Waals surface area (Å²) in [6.45, 7) is 3.93. The SMILES string of the molecule is CC(N)(Cc1ccccc1)c1nnc(CC2CC3(CCNCC3)Oc3ccccc32)o1. The lowest BCUT2D eigenvalue weighted by molar-refractivity contribution is 0.00660. The minimum absolute atomic E-state index is 0.108. The third-order valence-corrected chi connectivity index (χ3v) is 6.61. The van der Waals surface area contributed by atoms with Crippen molar-refractivity contribution in [2.24, 2.45) is 5.73 Å². The number of hydrogen-bond donors (Lipinski definition) is 2. The van der Waals surface area contributed by atoms with Crippen LogP contribution in [0, 0.1) is 0 Å². The largest absolute Gasteiger partial charge is 0.487 e. The zero-order valence-corrected chi connectivity index (χ0v) is 18.0. The van der Waals surface area contributed by atoms with Gasteiger partial charge < -0.3 is 20.2 Å². The number of piperidine rings is 1. The zero-order chi connectivity index (χ0) is 21.3. The second-order valence-electron chi connectivity index (χ2n) is 9.26. The molecule has 6 heteroatoms. The standard InChI is InChI=1S/C25H30N4O2/c1-24(26,16-18-7-3-2-4-8-18)23-29-28-22(30-23)15-19-17-25(11-13-27-14-12-25)31-21-10-6-5-9-20(19)21/h2-10,19,27H,11-17,26H2,1H3. The summed E-state index contributed by atoms with van der Waals surface area (Å²) in [6, 6.07) is 18.5. The molecular weight excluding hydrogens is 388 g/mol. The third-order valence-electron chi connectivity index (χ3n) is 6.61. The van der Waals surface area contributed by atoms with Crippen molar-refractivity contribution in [1.82, 2.24) is 15.5 Å². The topological polar surface area (TPSA) is 86.2 Å². The first-order valence-corrected chi connectivity index (χ1v) is 11.2. The van der Waals surface area contributed by atoms with Gasteiger partial charge in [-0.1, -0.05) is 48.5 Å². The van der Waals surface area contributed by atoms with E-state index in [1.807, 2.05) is 31.2 Å². The second-order valence-corrected chi connectivity index (χ2v) is 9.26. The fourth-order valence-corrected chi connectivity index (χ4v) is 4.99. The molecule has 2 aliphatic rings. The molecule has 0 aliphatic carbocycles. The van der Waals surface area contributed by atoms with Gasteiger partial charge in [-0.05, 0) is 62.9 Å². The van der Waals surface area contributed by atoms with Gasteiger partial charge in [-0.2, -0.15) is 0 Å². The van der Waals surface area contributed by atoms with Crippen LogP contribution in [-0.2, 0) is 18.4 Å². The van der Waals surface area contributed by atoms with Crippen molar-refractivity contribution in [2.45, 2.75) is 56.1 Å². The van der Waals surface area contributed by atoms with E-state index in [0.717, 1.165) is 43.7 Å². The van der Waals surface area contributed by atoms with Crippen LogP contribution in [0.5, 0.6) is 5.75 Å². The van der Waals surface area contributed by atoms with Gasteiger partial charge in [0.05, 0.1) is 5.54 Å². The van der Waals surface area contributed by atoms with E-state index in [1.54, 1.807) is 0 Å². The molecule has 31 heavy (non-hydrogen) atoms. The number of ether oxygens (including phenoxy) is 1. The number of para-hydroxylation sites is 1. The van der Waals surface area contributed by atoms with Gasteiger partial charge in [-0.25, -0.2) is 0 Å². The van der Waals surface area contributed by atoms with Crippen molar-refractivity contribution < 1.29 is 9.15 Å². The molecule has 1 fully saturated rings. The Morgan fingerprint density at radius 1 is 1.06 bits per heavy atom. The highest BCUT2D eigenvalue weighted by Crippen LogP contribution is 2.45.